The van der Waals surface area contributed by atoms with E-state index in [4.69, 9.17) is 14.2 Å². The van der Waals surface area contributed by atoms with Gasteiger partial charge in [-0.25, -0.2) is 0 Å². The molecule has 33 heavy (non-hydrogen) atoms. The molecule has 0 amide bonds. The normalized spacial score (nSPS) is 16.2. The molecular formula is C28H27NO4. The second-order valence-corrected chi connectivity index (χ2v) is 8.51. The van der Waals surface area contributed by atoms with Crippen LogP contribution in [-0.2, 0) is 13.0 Å². The Bertz CT molecular complexity index is 1220. The SMILES string of the molecule is COc1cccc(/C=C2\Oc3c4c(cc(C)c3C2=O)OCN(CCCc2ccccc2)C4)c1. The Morgan fingerprint density at radius 3 is 2.76 bits per heavy atom. The molecule has 0 aliphatic carbocycles. The molecule has 168 valence electrons. The number of aryl methyl sites for hydroxylation is 2. The van der Waals surface area contributed by atoms with Gasteiger partial charge in [-0.2, -0.15) is 0 Å². The molecule has 5 heteroatoms. The van der Waals surface area contributed by atoms with Gasteiger partial charge < -0.3 is 14.2 Å². The molecule has 5 nitrogen and oxygen atoms in total. The predicted molar refractivity (Wildman–Crippen MR) is 128 cm³/mol. The molecule has 2 aliphatic rings. The monoisotopic (exact) mass is 441 g/mol. The van der Waals surface area contributed by atoms with Gasteiger partial charge in [-0.05, 0) is 60.7 Å². The molecule has 3 aromatic carbocycles. The van der Waals surface area contributed by atoms with Crippen molar-refractivity contribution in [2.75, 3.05) is 20.4 Å². The van der Waals surface area contributed by atoms with Crippen LogP contribution in [0, 0.1) is 6.92 Å². The van der Waals surface area contributed by atoms with Crippen LogP contribution in [0.4, 0.5) is 0 Å². The molecule has 0 saturated heterocycles. The fourth-order valence-electron chi connectivity index (χ4n) is 4.45. The molecule has 0 saturated carbocycles. The third-order valence-corrected chi connectivity index (χ3v) is 6.16. The van der Waals surface area contributed by atoms with E-state index < -0.39 is 0 Å². The summed E-state index contributed by atoms with van der Waals surface area (Å²) in [6, 6.07) is 20.1. The van der Waals surface area contributed by atoms with Crippen LogP contribution in [0.5, 0.6) is 17.2 Å². The van der Waals surface area contributed by atoms with Gasteiger partial charge in [-0.3, -0.25) is 9.69 Å². The summed E-state index contributed by atoms with van der Waals surface area (Å²) in [4.78, 5) is 15.5. The standard InChI is InChI=1S/C28H27NO4/c1-19-14-24-23(17-29(18-32-24)13-7-11-20-8-4-3-5-9-20)28-26(19)27(30)25(33-28)16-21-10-6-12-22(15-21)31-2/h3-6,8-10,12,14-16H,7,11,13,17-18H2,1-2H3/b25-16-. The quantitative estimate of drug-likeness (QED) is 0.479. The summed E-state index contributed by atoms with van der Waals surface area (Å²) in [6.07, 6.45) is 3.84. The largest absolute Gasteiger partial charge is 0.497 e. The molecule has 0 fully saturated rings. The van der Waals surface area contributed by atoms with Crippen molar-refractivity contribution in [3.8, 4) is 17.2 Å². The molecule has 5 rings (SSSR count). The fourth-order valence-corrected chi connectivity index (χ4v) is 4.45. The molecule has 0 N–H and O–H groups in total. The van der Waals surface area contributed by atoms with Crippen LogP contribution in [0.25, 0.3) is 6.08 Å². The lowest BCUT2D eigenvalue weighted by Crippen LogP contribution is -2.33. The topological polar surface area (TPSA) is 48.0 Å². The molecule has 0 radical (unpaired) electrons. The number of carbonyl (C=O) groups is 1. The van der Waals surface area contributed by atoms with E-state index in [0.717, 1.165) is 47.6 Å². The minimum absolute atomic E-state index is 0.0886. The van der Waals surface area contributed by atoms with Crippen molar-refractivity contribution in [3.05, 3.63) is 94.2 Å². The number of carbonyl (C=O) groups excluding carboxylic acids is 1. The van der Waals surface area contributed by atoms with E-state index in [2.05, 4.69) is 29.2 Å². The highest BCUT2D eigenvalue weighted by Gasteiger charge is 2.35. The summed E-state index contributed by atoms with van der Waals surface area (Å²) in [7, 11) is 1.63. The molecule has 0 spiro atoms. The second kappa shape index (κ2) is 9.12. The highest BCUT2D eigenvalue weighted by Crippen LogP contribution is 2.44. The zero-order valence-electron chi connectivity index (χ0n) is 19.0. The third-order valence-electron chi connectivity index (χ3n) is 6.16. The van der Waals surface area contributed by atoms with Crippen LogP contribution >= 0.6 is 0 Å². The molecule has 3 aromatic rings. The predicted octanol–water partition coefficient (Wildman–Crippen LogP) is 5.40. The average Bonchev–Trinajstić information content (AvgIpc) is 3.17. The third kappa shape index (κ3) is 4.37. The van der Waals surface area contributed by atoms with E-state index >= 15 is 0 Å². The van der Waals surface area contributed by atoms with Gasteiger partial charge in [0.25, 0.3) is 0 Å². The van der Waals surface area contributed by atoms with Crippen LogP contribution in [-0.4, -0.2) is 31.1 Å². The van der Waals surface area contributed by atoms with E-state index in [1.165, 1.54) is 5.56 Å². The van der Waals surface area contributed by atoms with Crippen molar-refractivity contribution in [2.24, 2.45) is 0 Å². The van der Waals surface area contributed by atoms with Crippen molar-refractivity contribution < 1.29 is 19.0 Å². The summed E-state index contributed by atoms with van der Waals surface area (Å²) in [6.45, 7) is 4.09. The number of allylic oxidation sites excluding steroid dienone is 1. The zero-order valence-corrected chi connectivity index (χ0v) is 19.0. The van der Waals surface area contributed by atoms with Crippen molar-refractivity contribution in [1.82, 2.24) is 4.90 Å². The summed E-state index contributed by atoms with van der Waals surface area (Å²) >= 11 is 0. The van der Waals surface area contributed by atoms with E-state index in [9.17, 15) is 4.79 Å². The molecule has 0 aromatic heterocycles. The molecule has 0 unspecified atom stereocenters. The first kappa shape index (κ1) is 21.3. The number of methoxy groups -OCH3 is 1. The number of benzene rings is 3. The maximum atomic E-state index is 13.2. The number of fused-ring (bicyclic) bond motifs is 3. The molecule has 0 atom stereocenters. The van der Waals surface area contributed by atoms with Gasteiger partial charge in [0.2, 0.25) is 5.78 Å². The Morgan fingerprint density at radius 1 is 1.09 bits per heavy atom. The summed E-state index contributed by atoms with van der Waals surface area (Å²) < 4.78 is 17.5. The van der Waals surface area contributed by atoms with E-state index in [1.807, 2.05) is 43.3 Å². The van der Waals surface area contributed by atoms with E-state index in [1.54, 1.807) is 13.2 Å². The Balaban J connectivity index is 1.35. The van der Waals surface area contributed by atoms with Crippen molar-refractivity contribution >= 4 is 11.9 Å². The Labute approximate surface area is 194 Å². The number of Topliss-reactive ketones (excluding diaryl/α,β-unsaturated/α-hetero) is 1. The number of nitrogens with zero attached hydrogens (tertiary/aromatic N) is 1. The van der Waals surface area contributed by atoms with Crippen molar-refractivity contribution in [3.63, 3.8) is 0 Å². The summed E-state index contributed by atoms with van der Waals surface area (Å²) in [5.74, 6) is 2.42. The molecule has 0 bridgehead atoms. The first-order chi connectivity index (χ1) is 16.1. The Kier molecular flexibility index (Phi) is 5.88. The summed E-state index contributed by atoms with van der Waals surface area (Å²) in [5, 5.41) is 0. The van der Waals surface area contributed by atoms with Gasteiger partial charge in [0.1, 0.15) is 24.0 Å². The zero-order chi connectivity index (χ0) is 22.8. The van der Waals surface area contributed by atoms with Gasteiger partial charge in [-0.1, -0.05) is 42.5 Å². The lowest BCUT2D eigenvalue weighted by Gasteiger charge is -2.30. The molecular weight excluding hydrogens is 414 g/mol. The number of hydrogen-bond donors (Lipinski definition) is 0. The van der Waals surface area contributed by atoms with Crippen molar-refractivity contribution in [1.29, 1.82) is 0 Å². The number of rotatable bonds is 6. The van der Waals surface area contributed by atoms with Crippen LogP contribution in [0.1, 0.15) is 39.0 Å². The lowest BCUT2D eigenvalue weighted by atomic mass is 9.98. The number of ketones is 1. The van der Waals surface area contributed by atoms with E-state index in [0.29, 0.717) is 30.3 Å². The summed E-state index contributed by atoms with van der Waals surface area (Å²) in [5.41, 5.74) is 4.66. The number of hydrogen-bond acceptors (Lipinski definition) is 5. The van der Waals surface area contributed by atoms with Crippen molar-refractivity contribution in [2.45, 2.75) is 26.3 Å². The van der Waals surface area contributed by atoms with Crippen LogP contribution in [0.15, 0.2) is 66.4 Å². The van der Waals surface area contributed by atoms with Gasteiger partial charge in [0, 0.05) is 13.1 Å². The fraction of sp³-hybridized carbons (Fsp3) is 0.250. The average molecular weight is 442 g/mol. The first-order valence-electron chi connectivity index (χ1n) is 11.3. The minimum Gasteiger partial charge on any atom is -0.497 e. The molecule has 2 aliphatic heterocycles. The van der Waals surface area contributed by atoms with Gasteiger partial charge in [-0.15, -0.1) is 0 Å². The maximum absolute atomic E-state index is 13.2. The molecule has 2 heterocycles. The highest BCUT2D eigenvalue weighted by molar-refractivity contribution is 6.15. The lowest BCUT2D eigenvalue weighted by molar-refractivity contribution is 0.0928. The highest BCUT2D eigenvalue weighted by atomic mass is 16.5. The first-order valence-corrected chi connectivity index (χ1v) is 11.3. The Hall–Kier alpha value is -3.57. The van der Waals surface area contributed by atoms with Gasteiger partial charge in [0.05, 0.1) is 18.2 Å². The second-order valence-electron chi connectivity index (χ2n) is 8.51. The minimum atomic E-state index is -0.0886. The van der Waals surface area contributed by atoms with Crippen LogP contribution in [0.2, 0.25) is 0 Å². The smallest absolute Gasteiger partial charge is 0.232 e. The van der Waals surface area contributed by atoms with Gasteiger partial charge >= 0.3 is 0 Å². The number of ether oxygens (including phenoxy) is 3. The van der Waals surface area contributed by atoms with Crippen LogP contribution in [0.3, 0.4) is 0 Å². The maximum Gasteiger partial charge on any atom is 0.232 e. The van der Waals surface area contributed by atoms with Crippen LogP contribution < -0.4 is 14.2 Å². The van der Waals surface area contributed by atoms with Gasteiger partial charge in [0.15, 0.2) is 5.76 Å². The Morgan fingerprint density at radius 2 is 1.94 bits per heavy atom. The van der Waals surface area contributed by atoms with E-state index in [-0.39, 0.29) is 5.78 Å².